The Morgan fingerprint density at radius 3 is 1.88 bits per heavy atom. The Labute approximate surface area is 103 Å². The van der Waals surface area contributed by atoms with Crippen molar-refractivity contribution in [2.45, 2.75) is 6.55 Å². The molecule has 0 aliphatic carbocycles. The Morgan fingerprint density at radius 1 is 0.824 bits per heavy atom. The highest BCUT2D eigenvalue weighted by Crippen LogP contribution is 2.15. The second-order valence-corrected chi connectivity index (χ2v) is 7.01. The van der Waals surface area contributed by atoms with Crippen LogP contribution >= 0.6 is 0 Å². The van der Waals surface area contributed by atoms with E-state index in [0.29, 0.717) is 0 Å². The Morgan fingerprint density at radius 2 is 1.35 bits per heavy atom. The Bertz CT molecular complexity index is 458. The van der Waals surface area contributed by atoms with Gasteiger partial charge in [0, 0.05) is 12.3 Å². The largest absolute Gasteiger partial charge is 0.517 e. The molecule has 0 amide bonds. The van der Waals surface area contributed by atoms with Crippen LogP contribution in [0.1, 0.15) is 0 Å². The van der Waals surface area contributed by atoms with Crippen molar-refractivity contribution in [1.82, 2.24) is 0 Å². The van der Waals surface area contributed by atoms with Gasteiger partial charge in [-0.2, -0.15) is 0 Å². The van der Waals surface area contributed by atoms with Gasteiger partial charge in [0.25, 0.3) is 0 Å². The van der Waals surface area contributed by atoms with E-state index in [1.165, 1.54) is 0 Å². The van der Waals surface area contributed by atoms with Gasteiger partial charge in [0.1, 0.15) is 5.75 Å². The zero-order chi connectivity index (χ0) is 12.1. The lowest BCUT2D eigenvalue weighted by Crippen LogP contribution is -2.53. The molecule has 0 saturated carbocycles. The molecule has 0 spiro atoms. The average Bonchev–Trinajstić information content (AvgIpc) is 2.41. The molecule has 0 aliphatic heterocycles. The van der Waals surface area contributed by atoms with E-state index in [4.69, 9.17) is 8.85 Å². The Kier molecular flexibility index (Phi) is 3.61. The summed E-state index contributed by atoms with van der Waals surface area (Å²) in [6.45, 7) is 2.05. The van der Waals surface area contributed by atoms with Gasteiger partial charge in [-0.05, 0) is 18.7 Å². The van der Waals surface area contributed by atoms with Crippen LogP contribution in [-0.2, 0) is 4.43 Å². The van der Waals surface area contributed by atoms with Gasteiger partial charge in [0.05, 0.1) is 0 Å². The van der Waals surface area contributed by atoms with Crippen LogP contribution in [0.2, 0.25) is 6.55 Å². The smallest absolute Gasteiger partial charge is 0.430 e. The summed E-state index contributed by atoms with van der Waals surface area (Å²) in [4.78, 5) is 0. The van der Waals surface area contributed by atoms with Crippen molar-refractivity contribution in [2.24, 2.45) is 0 Å². The van der Waals surface area contributed by atoms with Crippen molar-refractivity contribution in [3.63, 3.8) is 0 Å². The maximum absolute atomic E-state index is 6.05. The van der Waals surface area contributed by atoms with Crippen molar-refractivity contribution in [1.29, 1.82) is 0 Å². The molecule has 0 bridgehead atoms. The van der Waals surface area contributed by atoms with Gasteiger partial charge in [-0.1, -0.05) is 48.5 Å². The zero-order valence-corrected chi connectivity index (χ0v) is 11.1. The first-order valence-electron chi connectivity index (χ1n) is 5.59. The van der Waals surface area contributed by atoms with Gasteiger partial charge in [-0.15, -0.1) is 0 Å². The number of rotatable bonds is 4. The molecule has 3 heteroatoms. The van der Waals surface area contributed by atoms with Crippen LogP contribution < -0.4 is 9.61 Å². The van der Waals surface area contributed by atoms with E-state index in [1.807, 2.05) is 48.5 Å². The topological polar surface area (TPSA) is 18.5 Å². The van der Waals surface area contributed by atoms with Gasteiger partial charge < -0.3 is 8.85 Å². The molecule has 17 heavy (non-hydrogen) atoms. The number of hydrogen-bond acceptors (Lipinski definition) is 2. The predicted octanol–water partition coefficient (Wildman–Crippen LogP) is 2.69. The average molecular weight is 244 g/mol. The minimum Gasteiger partial charge on any atom is -0.517 e. The molecule has 2 rings (SSSR count). The molecule has 2 aromatic rings. The summed E-state index contributed by atoms with van der Waals surface area (Å²) >= 11 is 0. The molecule has 1 atom stereocenters. The first-order valence-corrected chi connectivity index (χ1v) is 7.91. The van der Waals surface area contributed by atoms with Crippen LogP contribution in [0, 0.1) is 0 Å². The van der Waals surface area contributed by atoms with E-state index in [2.05, 4.69) is 18.7 Å². The third kappa shape index (κ3) is 2.75. The predicted molar refractivity (Wildman–Crippen MR) is 71.8 cm³/mol. The maximum atomic E-state index is 6.05. The summed E-state index contributed by atoms with van der Waals surface area (Å²) in [6, 6.07) is 19.9. The van der Waals surface area contributed by atoms with E-state index in [-0.39, 0.29) is 0 Å². The molecule has 0 heterocycles. The second-order valence-electron chi connectivity index (χ2n) is 3.93. The SMILES string of the molecule is CO[Si](C)(Oc1ccccc1)c1ccccc1. The fourth-order valence-electron chi connectivity index (χ4n) is 1.67. The summed E-state index contributed by atoms with van der Waals surface area (Å²) in [6.07, 6.45) is 0. The molecule has 0 aromatic heterocycles. The summed E-state index contributed by atoms with van der Waals surface area (Å²) in [5.74, 6) is 0.854. The van der Waals surface area contributed by atoms with Crippen molar-refractivity contribution < 1.29 is 8.85 Å². The molecule has 0 radical (unpaired) electrons. The summed E-state index contributed by atoms with van der Waals surface area (Å²) in [5, 5.41) is 1.13. The van der Waals surface area contributed by atoms with Gasteiger partial charge in [0.2, 0.25) is 0 Å². The first-order chi connectivity index (χ1) is 8.24. The Hall–Kier alpha value is -1.58. The normalized spacial score (nSPS) is 14.0. The van der Waals surface area contributed by atoms with Crippen molar-refractivity contribution in [2.75, 3.05) is 7.11 Å². The van der Waals surface area contributed by atoms with E-state index in [0.717, 1.165) is 10.9 Å². The van der Waals surface area contributed by atoms with Crippen LogP contribution in [0.4, 0.5) is 0 Å². The van der Waals surface area contributed by atoms with Crippen LogP contribution in [0.3, 0.4) is 0 Å². The molecule has 88 valence electrons. The monoisotopic (exact) mass is 244 g/mol. The fraction of sp³-hybridized carbons (Fsp3) is 0.143. The van der Waals surface area contributed by atoms with Crippen molar-refractivity contribution in [3.8, 4) is 5.75 Å². The molecule has 0 saturated heterocycles. The number of para-hydroxylation sites is 1. The molecule has 2 nitrogen and oxygen atoms in total. The lowest BCUT2D eigenvalue weighted by Gasteiger charge is -2.26. The summed E-state index contributed by atoms with van der Waals surface area (Å²) < 4.78 is 11.7. The standard InChI is InChI=1S/C14H16O2Si/c1-15-17(2,14-11-7-4-8-12-14)16-13-9-5-3-6-10-13/h3-12H,1-2H3. The maximum Gasteiger partial charge on any atom is 0.430 e. The van der Waals surface area contributed by atoms with Gasteiger partial charge in [-0.25, -0.2) is 0 Å². The second kappa shape index (κ2) is 5.16. The van der Waals surface area contributed by atoms with Crippen molar-refractivity contribution >= 4 is 13.7 Å². The molecule has 0 N–H and O–H groups in total. The quantitative estimate of drug-likeness (QED) is 0.770. The van der Waals surface area contributed by atoms with E-state index in [1.54, 1.807) is 7.11 Å². The molecule has 0 fully saturated rings. The highest BCUT2D eigenvalue weighted by Gasteiger charge is 2.35. The van der Waals surface area contributed by atoms with Crippen LogP contribution in [0.25, 0.3) is 0 Å². The Balaban J connectivity index is 2.27. The first kappa shape index (κ1) is 11.9. The third-order valence-electron chi connectivity index (χ3n) is 2.74. The fourth-order valence-corrected chi connectivity index (χ4v) is 3.49. The minimum absolute atomic E-state index is 0.854. The highest BCUT2D eigenvalue weighted by molar-refractivity contribution is 6.80. The summed E-state index contributed by atoms with van der Waals surface area (Å²) in [7, 11) is -0.630. The van der Waals surface area contributed by atoms with E-state index in [9.17, 15) is 0 Å². The van der Waals surface area contributed by atoms with Gasteiger partial charge in [-0.3, -0.25) is 0 Å². The van der Waals surface area contributed by atoms with Gasteiger partial charge in [0.15, 0.2) is 0 Å². The summed E-state index contributed by atoms with van der Waals surface area (Å²) in [5.41, 5.74) is 0. The molecular formula is C14H16O2Si. The van der Waals surface area contributed by atoms with Gasteiger partial charge >= 0.3 is 8.56 Å². The number of hydrogen-bond donors (Lipinski definition) is 0. The minimum atomic E-state index is -2.34. The van der Waals surface area contributed by atoms with Crippen LogP contribution in [-0.4, -0.2) is 15.7 Å². The van der Waals surface area contributed by atoms with E-state index >= 15 is 0 Å². The molecule has 1 unspecified atom stereocenters. The van der Waals surface area contributed by atoms with Crippen LogP contribution in [0.5, 0.6) is 5.75 Å². The van der Waals surface area contributed by atoms with Crippen molar-refractivity contribution in [3.05, 3.63) is 60.7 Å². The lowest BCUT2D eigenvalue weighted by atomic mass is 10.3. The molecular weight excluding hydrogens is 228 g/mol. The lowest BCUT2D eigenvalue weighted by molar-refractivity contribution is 0.321. The third-order valence-corrected chi connectivity index (χ3v) is 5.53. The zero-order valence-electron chi connectivity index (χ0n) is 10.1. The molecule has 2 aromatic carbocycles. The molecule has 0 aliphatic rings. The van der Waals surface area contributed by atoms with Crippen LogP contribution in [0.15, 0.2) is 60.7 Å². The van der Waals surface area contributed by atoms with E-state index < -0.39 is 8.56 Å². The number of benzene rings is 2. The highest BCUT2D eigenvalue weighted by atomic mass is 28.4.